The SMILES string of the molecule is CN=C(NCc1cnn(-c2ccccc2)c1)NC1CCN(c2ncccc2Cl)C1.I. The second-order valence-corrected chi connectivity index (χ2v) is 7.35. The number of para-hydroxylation sites is 1. The molecule has 2 aromatic heterocycles. The fourth-order valence-electron chi connectivity index (χ4n) is 3.43. The maximum Gasteiger partial charge on any atom is 0.191 e. The summed E-state index contributed by atoms with van der Waals surface area (Å²) in [4.78, 5) is 11.0. The Hall–Kier alpha value is -2.33. The third-order valence-electron chi connectivity index (χ3n) is 4.91. The van der Waals surface area contributed by atoms with Gasteiger partial charge in [-0.15, -0.1) is 24.0 Å². The van der Waals surface area contributed by atoms with Crippen molar-refractivity contribution in [2.24, 2.45) is 4.99 Å². The zero-order valence-electron chi connectivity index (χ0n) is 16.7. The van der Waals surface area contributed by atoms with Crippen molar-refractivity contribution >= 4 is 47.4 Å². The van der Waals surface area contributed by atoms with Crippen LogP contribution >= 0.6 is 35.6 Å². The van der Waals surface area contributed by atoms with E-state index in [1.54, 1.807) is 13.2 Å². The number of hydrogen-bond acceptors (Lipinski definition) is 4. The molecule has 1 aliphatic rings. The molecule has 0 saturated carbocycles. The molecular formula is C21H25ClIN7. The van der Waals surface area contributed by atoms with E-state index in [-0.39, 0.29) is 30.0 Å². The van der Waals surface area contributed by atoms with E-state index in [9.17, 15) is 0 Å². The molecule has 0 radical (unpaired) electrons. The average Bonchev–Trinajstić information content (AvgIpc) is 3.42. The number of halogens is 2. The monoisotopic (exact) mass is 537 g/mol. The van der Waals surface area contributed by atoms with Gasteiger partial charge in [0.15, 0.2) is 5.96 Å². The first-order valence-electron chi connectivity index (χ1n) is 9.64. The van der Waals surface area contributed by atoms with Gasteiger partial charge in [0, 0.05) is 50.7 Å². The molecule has 7 nitrogen and oxygen atoms in total. The highest BCUT2D eigenvalue weighted by Crippen LogP contribution is 2.25. The van der Waals surface area contributed by atoms with E-state index in [1.807, 2.05) is 59.5 Å². The van der Waals surface area contributed by atoms with Crippen molar-refractivity contribution < 1.29 is 0 Å². The lowest BCUT2D eigenvalue weighted by atomic mass is 10.3. The number of nitrogens with one attached hydrogen (secondary N) is 2. The van der Waals surface area contributed by atoms with Gasteiger partial charge in [-0.3, -0.25) is 4.99 Å². The van der Waals surface area contributed by atoms with Crippen LogP contribution in [0, 0.1) is 0 Å². The Bertz CT molecular complexity index is 976. The predicted octanol–water partition coefficient (Wildman–Crippen LogP) is 3.48. The molecule has 1 aromatic carbocycles. The summed E-state index contributed by atoms with van der Waals surface area (Å²) in [5, 5.41) is 12.0. The first-order chi connectivity index (χ1) is 14.2. The van der Waals surface area contributed by atoms with Crippen LogP contribution in [0.15, 0.2) is 66.0 Å². The maximum absolute atomic E-state index is 6.28. The van der Waals surface area contributed by atoms with Gasteiger partial charge in [0.2, 0.25) is 0 Å². The van der Waals surface area contributed by atoms with E-state index in [4.69, 9.17) is 11.6 Å². The zero-order chi connectivity index (χ0) is 20.1. The summed E-state index contributed by atoms with van der Waals surface area (Å²) >= 11 is 6.28. The number of nitrogens with zero attached hydrogens (tertiary/aromatic N) is 5. The van der Waals surface area contributed by atoms with Crippen LogP contribution in [-0.4, -0.2) is 46.9 Å². The van der Waals surface area contributed by atoms with Crippen molar-refractivity contribution in [3.05, 3.63) is 71.6 Å². The molecule has 1 atom stereocenters. The molecule has 1 saturated heterocycles. The minimum Gasteiger partial charge on any atom is -0.353 e. The molecule has 1 unspecified atom stereocenters. The van der Waals surface area contributed by atoms with E-state index >= 15 is 0 Å². The molecule has 9 heteroatoms. The summed E-state index contributed by atoms with van der Waals surface area (Å²) in [5.41, 5.74) is 2.13. The summed E-state index contributed by atoms with van der Waals surface area (Å²) in [6.07, 6.45) is 6.67. The molecule has 30 heavy (non-hydrogen) atoms. The Labute approximate surface area is 198 Å². The number of pyridine rings is 1. The first kappa shape index (κ1) is 22.4. The van der Waals surface area contributed by atoms with E-state index in [0.29, 0.717) is 11.6 Å². The van der Waals surface area contributed by atoms with Crippen LogP contribution in [0.3, 0.4) is 0 Å². The third-order valence-corrected chi connectivity index (χ3v) is 5.20. The van der Waals surface area contributed by atoms with Crippen molar-refractivity contribution in [2.45, 2.75) is 19.0 Å². The standard InChI is InChI=1S/C21H24ClN7.HI/c1-23-21(25-12-16-13-26-29(14-16)18-6-3-2-4-7-18)27-17-9-11-28(15-17)20-19(22)8-5-10-24-20;/h2-8,10,13-14,17H,9,11-12,15H2,1H3,(H2,23,25,27);1H. The van der Waals surface area contributed by atoms with Crippen LogP contribution in [0.5, 0.6) is 0 Å². The molecule has 3 aromatic rings. The molecule has 0 bridgehead atoms. The highest BCUT2D eigenvalue weighted by atomic mass is 127. The smallest absolute Gasteiger partial charge is 0.191 e. The number of aliphatic imine (C=N–C) groups is 1. The summed E-state index contributed by atoms with van der Waals surface area (Å²) < 4.78 is 1.87. The lowest BCUT2D eigenvalue weighted by Crippen LogP contribution is -2.44. The van der Waals surface area contributed by atoms with Gasteiger partial charge in [-0.2, -0.15) is 5.10 Å². The predicted molar refractivity (Wildman–Crippen MR) is 132 cm³/mol. The number of rotatable bonds is 5. The molecule has 4 rings (SSSR count). The normalized spacial score (nSPS) is 16.3. The van der Waals surface area contributed by atoms with E-state index in [2.05, 4.69) is 30.6 Å². The minimum absolute atomic E-state index is 0. The second-order valence-electron chi connectivity index (χ2n) is 6.94. The van der Waals surface area contributed by atoms with Crippen LogP contribution in [-0.2, 0) is 6.54 Å². The Morgan fingerprint density at radius 3 is 2.83 bits per heavy atom. The second kappa shape index (κ2) is 10.6. The van der Waals surface area contributed by atoms with E-state index in [0.717, 1.165) is 42.5 Å². The zero-order valence-corrected chi connectivity index (χ0v) is 19.8. The Kier molecular flexibility index (Phi) is 7.92. The minimum atomic E-state index is 0. The molecule has 0 spiro atoms. The lowest BCUT2D eigenvalue weighted by Gasteiger charge is -2.20. The molecule has 3 heterocycles. The van der Waals surface area contributed by atoms with Crippen LogP contribution in [0.2, 0.25) is 5.02 Å². The van der Waals surface area contributed by atoms with Gasteiger partial charge in [0.1, 0.15) is 5.82 Å². The Morgan fingerprint density at radius 2 is 2.07 bits per heavy atom. The van der Waals surface area contributed by atoms with Crippen molar-refractivity contribution in [2.75, 3.05) is 25.0 Å². The van der Waals surface area contributed by atoms with Gasteiger partial charge in [-0.25, -0.2) is 9.67 Å². The fraction of sp³-hybridized carbons (Fsp3) is 0.286. The number of aromatic nitrogens is 3. The molecule has 0 amide bonds. The highest BCUT2D eigenvalue weighted by molar-refractivity contribution is 14.0. The number of hydrogen-bond donors (Lipinski definition) is 2. The summed E-state index contributed by atoms with van der Waals surface area (Å²) in [7, 11) is 1.78. The van der Waals surface area contributed by atoms with Crippen LogP contribution in [0.25, 0.3) is 5.69 Å². The van der Waals surface area contributed by atoms with Gasteiger partial charge in [-0.1, -0.05) is 29.8 Å². The summed E-state index contributed by atoms with van der Waals surface area (Å²) in [5.74, 6) is 1.62. The molecule has 158 valence electrons. The first-order valence-corrected chi connectivity index (χ1v) is 10.0. The van der Waals surface area contributed by atoms with Crippen molar-refractivity contribution in [3.8, 4) is 5.69 Å². The Balaban J connectivity index is 0.00000256. The molecule has 1 fully saturated rings. The Morgan fingerprint density at radius 1 is 1.23 bits per heavy atom. The quantitative estimate of drug-likeness (QED) is 0.296. The number of guanidine groups is 1. The van der Waals surface area contributed by atoms with Gasteiger partial charge in [0.25, 0.3) is 0 Å². The van der Waals surface area contributed by atoms with Crippen LogP contribution in [0.1, 0.15) is 12.0 Å². The van der Waals surface area contributed by atoms with Crippen LogP contribution < -0.4 is 15.5 Å². The highest BCUT2D eigenvalue weighted by Gasteiger charge is 2.25. The summed E-state index contributed by atoms with van der Waals surface area (Å²) in [6, 6.07) is 14.1. The van der Waals surface area contributed by atoms with Gasteiger partial charge < -0.3 is 15.5 Å². The van der Waals surface area contributed by atoms with E-state index in [1.165, 1.54) is 0 Å². The fourth-order valence-corrected chi connectivity index (χ4v) is 3.67. The maximum atomic E-state index is 6.28. The molecule has 1 aliphatic heterocycles. The van der Waals surface area contributed by atoms with Crippen molar-refractivity contribution in [1.82, 2.24) is 25.4 Å². The van der Waals surface area contributed by atoms with Crippen LogP contribution in [0.4, 0.5) is 5.82 Å². The summed E-state index contributed by atoms with van der Waals surface area (Å²) in [6.45, 7) is 2.40. The van der Waals surface area contributed by atoms with Crippen molar-refractivity contribution in [1.29, 1.82) is 0 Å². The molecule has 0 aliphatic carbocycles. The van der Waals surface area contributed by atoms with E-state index < -0.39 is 0 Å². The molecular weight excluding hydrogens is 513 g/mol. The average molecular weight is 538 g/mol. The van der Waals surface area contributed by atoms with Gasteiger partial charge in [0.05, 0.1) is 16.9 Å². The van der Waals surface area contributed by atoms with Gasteiger partial charge >= 0.3 is 0 Å². The van der Waals surface area contributed by atoms with Gasteiger partial charge in [-0.05, 0) is 30.7 Å². The number of anilines is 1. The molecule has 2 N–H and O–H groups in total. The topological polar surface area (TPSA) is 70.4 Å². The largest absolute Gasteiger partial charge is 0.353 e. The van der Waals surface area contributed by atoms with Crippen molar-refractivity contribution in [3.63, 3.8) is 0 Å². The number of benzene rings is 1. The lowest BCUT2D eigenvalue weighted by molar-refractivity contribution is 0.648. The third kappa shape index (κ3) is 5.42.